The molecule has 1 aromatic carbocycles. The Bertz CT molecular complexity index is 694. The number of hydrogen-bond acceptors (Lipinski definition) is 5. The normalized spacial score (nSPS) is 11.3. The van der Waals surface area contributed by atoms with E-state index in [4.69, 9.17) is 9.52 Å². The number of carboxylic acids is 1. The standard InChI is InChI=1S/C16H19N3O4/c1-16(2,15(21)22)19(3)13(20)10-9-12-17-18-14(23-12)11-7-5-4-6-8-11/h4-8H,9-10H2,1-3H3,(H,21,22). The van der Waals surface area contributed by atoms with Crippen LogP contribution in [0.3, 0.4) is 0 Å². The molecule has 0 spiro atoms. The molecule has 7 nitrogen and oxygen atoms in total. The molecule has 0 aliphatic carbocycles. The number of aryl methyl sites for hydroxylation is 1. The molecule has 0 radical (unpaired) electrons. The molecule has 0 atom stereocenters. The van der Waals surface area contributed by atoms with E-state index in [1.165, 1.54) is 25.8 Å². The lowest BCUT2D eigenvalue weighted by atomic mass is 10.0. The van der Waals surface area contributed by atoms with Gasteiger partial charge in [0, 0.05) is 25.5 Å². The maximum absolute atomic E-state index is 12.1. The summed E-state index contributed by atoms with van der Waals surface area (Å²) in [5.74, 6) is -0.611. The number of carboxylic acid groups (broad SMARTS) is 1. The Kier molecular flexibility index (Phi) is 4.78. The van der Waals surface area contributed by atoms with E-state index in [9.17, 15) is 9.59 Å². The number of rotatable bonds is 6. The minimum Gasteiger partial charge on any atom is -0.480 e. The van der Waals surface area contributed by atoms with E-state index >= 15 is 0 Å². The van der Waals surface area contributed by atoms with Gasteiger partial charge in [0.2, 0.25) is 17.7 Å². The summed E-state index contributed by atoms with van der Waals surface area (Å²) < 4.78 is 5.52. The van der Waals surface area contributed by atoms with Gasteiger partial charge < -0.3 is 14.4 Å². The summed E-state index contributed by atoms with van der Waals surface area (Å²) in [5.41, 5.74) is -0.456. The topological polar surface area (TPSA) is 96.5 Å². The van der Waals surface area contributed by atoms with Crippen LogP contribution in [-0.4, -0.2) is 44.7 Å². The molecule has 0 bridgehead atoms. The predicted octanol–water partition coefficient (Wildman–Crippen LogP) is 1.99. The second-order valence-electron chi connectivity index (χ2n) is 5.68. The third kappa shape index (κ3) is 3.74. The molecule has 1 heterocycles. The molecule has 0 aliphatic rings. The Morgan fingerprint density at radius 2 is 1.87 bits per heavy atom. The van der Waals surface area contributed by atoms with Crippen LogP contribution in [0.4, 0.5) is 0 Å². The highest BCUT2D eigenvalue weighted by molar-refractivity contribution is 5.86. The molecule has 0 saturated carbocycles. The smallest absolute Gasteiger partial charge is 0.329 e. The van der Waals surface area contributed by atoms with E-state index in [0.29, 0.717) is 11.8 Å². The summed E-state index contributed by atoms with van der Waals surface area (Å²) >= 11 is 0. The molecule has 0 aliphatic heterocycles. The number of aliphatic carboxylic acids is 1. The van der Waals surface area contributed by atoms with Crippen molar-refractivity contribution in [2.75, 3.05) is 7.05 Å². The molecule has 1 amide bonds. The summed E-state index contributed by atoms with van der Waals surface area (Å²) in [7, 11) is 1.47. The number of benzene rings is 1. The van der Waals surface area contributed by atoms with Gasteiger partial charge in [-0.1, -0.05) is 18.2 Å². The first-order valence-electron chi connectivity index (χ1n) is 7.20. The van der Waals surface area contributed by atoms with Crippen molar-refractivity contribution in [3.63, 3.8) is 0 Å². The maximum Gasteiger partial charge on any atom is 0.329 e. The molecule has 7 heteroatoms. The molecular weight excluding hydrogens is 298 g/mol. The highest BCUT2D eigenvalue weighted by Gasteiger charge is 2.34. The average molecular weight is 317 g/mol. The molecule has 23 heavy (non-hydrogen) atoms. The van der Waals surface area contributed by atoms with Gasteiger partial charge in [-0.05, 0) is 26.0 Å². The van der Waals surface area contributed by atoms with Crippen LogP contribution in [0, 0.1) is 0 Å². The van der Waals surface area contributed by atoms with E-state index in [1.807, 2.05) is 30.3 Å². The lowest BCUT2D eigenvalue weighted by Gasteiger charge is -2.31. The van der Waals surface area contributed by atoms with Gasteiger partial charge in [0.15, 0.2) is 0 Å². The highest BCUT2D eigenvalue weighted by Crippen LogP contribution is 2.18. The van der Waals surface area contributed by atoms with Crippen LogP contribution in [0.25, 0.3) is 11.5 Å². The van der Waals surface area contributed by atoms with Gasteiger partial charge in [0.1, 0.15) is 5.54 Å². The van der Waals surface area contributed by atoms with Crippen LogP contribution in [0.15, 0.2) is 34.7 Å². The zero-order chi connectivity index (χ0) is 17.0. The summed E-state index contributed by atoms with van der Waals surface area (Å²) in [5, 5.41) is 17.0. The number of likely N-dealkylation sites (N-methyl/N-ethyl adjacent to an activating group) is 1. The molecular formula is C16H19N3O4. The third-order valence-electron chi connectivity index (χ3n) is 3.78. The Labute approximate surface area is 133 Å². The Morgan fingerprint density at radius 3 is 2.48 bits per heavy atom. The summed E-state index contributed by atoms with van der Waals surface area (Å²) in [6, 6.07) is 9.33. The van der Waals surface area contributed by atoms with Gasteiger partial charge >= 0.3 is 5.97 Å². The lowest BCUT2D eigenvalue weighted by Crippen LogP contribution is -2.50. The van der Waals surface area contributed by atoms with Crippen molar-refractivity contribution < 1.29 is 19.1 Å². The van der Waals surface area contributed by atoms with Gasteiger partial charge in [-0.15, -0.1) is 10.2 Å². The van der Waals surface area contributed by atoms with Crippen LogP contribution in [0.2, 0.25) is 0 Å². The summed E-state index contributed by atoms with van der Waals surface area (Å²) in [6.07, 6.45) is 0.363. The highest BCUT2D eigenvalue weighted by atomic mass is 16.4. The largest absolute Gasteiger partial charge is 0.480 e. The summed E-state index contributed by atoms with van der Waals surface area (Å²) in [4.78, 5) is 24.5. The van der Waals surface area contributed by atoms with Crippen molar-refractivity contribution in [2.24, 2.45) is 0 Å². The van der Waals surface area contributed by atoms with Crippen molar-refractivity contribution in [2.45, 2.75) is 32.2 Å². The van der Waals surface area contributed by atoms with Crippen molar-refractivity contribution in [3.05, 3.63) is 36.2 Å². The van der Waals surface area contributed by atoms with Crippen LogP contribution < -0.4 is 0 Å². The van der Waals surface area contributed by atoms with E-state index in [2.05, 4.69) is 10.2 Å². The average Bonchev–Trinajstić information content (AvgIpc) is 3.01. The molecule has 0 fully saturated rings. The molecule has 0 saturated heterocycles. The fourth-order valence-electron chi connectivity index (χ4n) is 1.89. The first-order valence-corrected chi connectivity index (χ1v) is 7.20. The quantitative estimate of drug-likeness (QED) is 0.875. The van der Waals surface area contributed by atoms with Gasteiger partial charge in [-0.3, -0.25) is 4.79 Å². The Morgan fingerprint density at radius 1 is 1.22 bits per heavy atom. The van der Waals surface area contributed by atoms with Gasteiger partial charge in [-0.25, -0.2) is 4.79 Å². The zero-order valence-corrected chi connectivity index (χ0v) is 13.3. The Balaban J connectivity index is 1.98. The summed E-state index contributed by atoms with van der Waals surface area (Å²) in [6.45, 7) is 2.96. The van der Waals surface area contributed by atoms with E-state index in [1.54, 1.807) is 0 Å². The van der Waals surface area contributed by atoms with E-state index in [0.717, 1.165) is 5.56 Å². The molecule has 2 rings (SSSR count). The number of hydrogen-bond donors (Lipinski definition) is 1. The minimum atomic E-state index is -1.26. The number of amides is 1. The predicted molar refractivity (Wildman–Crippen MR) is 82.5 cm³/mol. The van der Waals surface area contributed by atoms with Crippen LogP contribution in [0.1, 0.15) is 26.2 Å². The van der Waals surface area contributed by atoms with E-state index in [-0.39, 0.29) is 18.7 Å². The fraction of sp³-hybridized carbons (Fsp3) is 0.375. The molecule has 2 aromatic rings. The number of nitrogens with zero attached hydrogens (tertiary/aromatic N) is 3. The molecule has 122 valence electrons. The maximum atomic E-state index is 12.1. The SMILES string of the molecule is CN(C(=O)CCc1nnc(-c2ccccc2)o1)C(C)(C)C(=O)O. The lowest BCUT2D eigenvalue weighted by molar-refractivity contribution is -0.155. The molecule has 1 N–H and O–H groups in total. The van der Waals surface area contributed by atoms with Crippen molar-refractivity contribution in [1.29, 1.82) is 0 Å². The zero-order valence-electron chi connectivity index (χ0n) is 13.3. The van der Waals surface area contributed by atoms with Crippen LogP contribution >= 0.6 is 0 Å². The Hall–Kier alpha value is -2.70. The van der Waals surface area contributed by atoms with Gasteiger partial charge in [-0.2, -0.15) is 0 Å². The van der Waals surface area contributed by atoms with Crippen LogP contribution in [0.5, 0.6) is 0 Å². The second kappa shape index (κ2) is 6.60. The fourth-order valence-corrected chi connectivity index (χ4v) is 1.89. The first kappa shape index (κ1) is 16.7. The van der Waals surface area contributed by atoms with Crippen molar-refractivity contribution >= 4 is 11.9 Å². The monoisotopic (exact) mass is 317 g/mol. The van der Waals surface area contributed by atoms with Crippen molar-refractivity contribution in [3.8, 4) is 11.5 Å². The number of carbonyl (C=O) groups is 2. The molecule has 1 aromatic heterocycles. The second-order valence-corrected chi connectivity index (χ2v) is 5.68. The third-order valence-corrected chi connectivity index (χ3v) is 3.78. The van der Waals surface area contributed by atoms with Crippen molar-refractivity contribution in [1.82, 2.24) is 15.1 Å². The van der Waals surface area contributed by atoms with Crippen LogP contribution in [-0.2, 0) is 16.0 Å². The number of carbonyl (C=O) groups excluding carboxylic acids is 1. The molecule has 0 unspecified atom stereocenters. The number of aromatic nitrogens is 2. The first-order chi connectivity index (χ1) is 10.8. The van der Waals surface area contributed by atoms with Gasteiger partial charge in [0.05, 0.1) is 0 Å². The van der Waals surface area contributed by atoms with E-state index < -0.39 is 11.5 Å². The van der Waals surface area contributed by atoms with Gasteiger partial charge in [0.25, 0.3) is 0 Å². The minimum absolute atomic E-state index is 0.101.